The van der Waals surface area contributed by atoms with E-state index in [1.165, 1.54) is 0 Å². The summed E-state index contributed by atoms with van der Waals surface area (Å²) in [5.41, 5.74) is 5.53. The standard InChI is InChI=1S/C13H21NO3S/c1-13(2,17-4)12(14)9-18(15)11-8-6-5-7-10(11)16-3/h5-8,12H,9,14H2,1-4H3. The van der Waals surface area contributed by atoms with E-state index in [1.54, 1.807) is 26.4 Å². The topological polar surface area (TPSA) is 61.5 Å². The fraction of sp³-hybridized carbons (Fsp3) is 0.538. The highest BCUT2D eigenvalue weighted by atomic mass is 32.2. The van der Waals surface area contributed by atoms with Crippen molar-refractivity contribution in [1.82, 2.24) is 0 Å². The Kier molecular flexibility index (Phi) is 5.31. The summed E-state index contributed by atoms with van der Waals surface area (Å²) in [6, 6.07) is 6.96. The minimum atomic E-state index is -1.20. The zero-order valence-corrected chi connectivity index (χ0v) is 12.1. The first kappa shape index (κ1) is 15.1. The molecule has 5 heteroatoms. The summed E-state index contributed by atoms with van der Waals surface area (Å²) in [6.07, 6.45) is 0. The van der Waals surface area contributed by atoms with Gasteiger partial charge in [-0.25, -0.2) is 0 Å². The molecule has 2 N–H and O–H groups in total. The SMILES string of the molecule is COc1ccccc1S(=O)CC(N)C(C)(C)OC. The predicted molar refractivity (Wildman–Crippen MR) is 73.3 cm³/mol. The van der Waals surface area contributed by atoms with E-state index in [-0.39, 0.29) is 6.04 Å². The average Bonchev–Trinajstić information content (AvgIpc) is 2.38. The van der Waals surface area contributed by atoms with E-state index in [1.807, 2.05) is 26.0 Å². The van der Waals surface area contributed by atoms with Gasteiger partial charge in [-0.05, 0) is 26.0 Å². The summed E-state index contributed by atoms with van der Waals surface area (Å²) in [6.45, 7) is 3.77. The average molecular weight is 271 g/mol. The van der Waals surface area contributed by atoms with Crippen LogP contribution in [0.4, 0.5) is 0 Å². The number of methoxy groups -OCH3 is 2. The van der Waals surface area contributed by atoms with Crippen LogP contribution in [0.25, 0.3) is 0 Å². The number of benzene rings is 1. The summed E-state index contributed by atoms with van der Waals surface area (Å²) in [5, 5.41) is 0. The fourth-order valence-electron chi connectivity index (χ4n) is 1.41. The lowest BCUT2D eigenvalue weighted by molar-refractivity contribution is 0.00645. The number of para-hydroxylation sites is 1. The second kappa shape index (κ2) is 6.31. The lowest BCUT2D eigenvalue weighted by Crippen LogP contribution is -2.48. The Balaban J connectivity index is 2.83. The minimum Gasteiger partial charge on any atom is -0.495 e. The highest BCUT2D eigenvalue weighted by Gasteiger charge is 2.28. The molecular weight excluding hydrogens is 250 g/mol. The van der Waals surface area contributed by atoms with Crippen molar-refractivity contribution < 1.29 is 13.7 Å². The van der Waals surface area contributed by atoms with Crippen LogP contribution in [0.15, 0.2) is 29.2 Å². The van der Waals surface area contributed by atoms with Crippen molar-refractivity contribution in [2.75, 3.05) is 20.0 Å². The summed E-state index contributed by atoms with van der Waals surface area (Å²) >= 11 is 0. The van der Waals surface area contributed by atoms with Gasteiger partial charge in [0.2, 0.25) is 0 Å². The van der Waals surface area contributed by atoms with Gasteiger partial charge in [0.15, 0.2) is 0 Å². The van der Waals surface area contributed by atoms with Gasteiger partial charge in [-0.1, -0.05) is 12.1 Å². The molecule has 0 fully saturated rings. The Labute approximate surface area is 111 Å². The van der Waals surface area contributed by atoms with Crippen molar-refractivity contribution >= 4 is 10.8 Å². The molecule has 1 aromatic rings. The molecule has 1 aromatic carbocycles. The van der Waals surface area contributed by atoms with Gasteiger partial charge >= 0.3 is 0 Å². The van der Waals surface area contributed by atoms with Crippen molar-refractivity contribution in [3.05, 3.63) is 24.3 Å². The molecule has 0 saturated carbocycles. The molecular formula is C13H21NO3S. The lowest BCUT2D eigenvalue weighted by atomic mass is 10.0. The molecule has 0 amide bonds. The van der Waals surface area contributed by atoms with Crippen LogP contribution in [0.1, 0.15) is 13.8 Å². The molecule has 102 valence electrons. The molecule has 0 aliphatic heterocycles. The monoisotopic (exact) mass is 271 g/mol. The molecule has 2 atom stereocenters. The maximum atomic E-state index is 12.3. The van der Waals surface area contributed by atoms with Crippen LogP contribution in [-0.4, -0.2) is 35.8 Å². The van der Waals surface area contributed by atoms with Crippen LogP contribution >= 0.6 is 0 Å². The Bertz CT molecular complexity index is 420. The third-order valence-electron chi connectivity index (χ3n) is 3.06. The highest BCUT2D eigenvalue weighted by molar-refractivity contribution is 7.85. The Morgan fingerprint density at radius 2 is 1.94 bits per heavy atom. The van der Waals surface area contributed by atoms with E-state index in [4.69, 9.17) is 15.2 Å². The second-order valence-electron chi connectivity index (χ2n) is 4.58. The van der Waals surface area contributed by atoms with Crippen molar-refractivity contribution in [2.24, 2.45) is 5.73 Å². The molecule has 18 heavy (non-hydrogen) atoms. The van der Waals surface area contributed by atoms with Crippen molar-refractivity contribution in [2.45, 2.75) is 30.4 Å². The first-order valence-corrected chi connectivity index (χ1v) is 7.06. The van der Waals surface area contributed by atoms with Crippen LogP contribution in [0.3, 0.4) is 0 Å². The summed E-state index contributed by atoms with van der Waals surface area (Å²) < 4.78 is 22.8. The Morgan fingerprint density at radius 3 is 2.50 bits per heavy atom. The van der Waals surface area contributed by atoms with E-state index in [2.05, 4.69) is 0 Å². The number of hydrogen-bond acceptors (Lipinski definition) is 4. The normalized spacial score (nSPS) is 15.2. The molecule has 0 bridgehead atoms. The van der Waals surface area contributed by atoms with Gasteiger partial charge in [0.25, 0.3) is 0 Å². The minimum absolute atomic E-state index is 0.312. The Hall–Kier alpha value is -0.910. The maximum Gasteiger partial charge on any atom is 0.134 e. The second-order valence-corrected chi connectivity index (χ2v) is 6.04. The number of hydrogen-bond donors (Lipinski definition) is 1. The van der Waals surface area contributed by atoms with Gasteiger partial charge in [0, 0.05) is 18.9 Å². The van der Waals surface area contributed by atoms with Crippen molar-refractivity contribution in [1.29, 1.82) is 0 Å². The van der Waals surface area contributed by atoms with Gasteiger partial charge in [-0.3, -0.25) is 4.21 Å². The molecule has 0 aliphatic rings. The van der Waals surface area contributed by atoms with Crippen LogP contribution in [0.2, 0.25) is 0 Å². The lowest BCUT2D eigenvalue weighted by Gasteiger charge is -2.29. The van der Waals surface area contributed by atoms with Gasteiger partial charge < -0.3 is 15.2 Å². The molecule has 0 radical (unpaired) electrons. The molecule has 1 rings (SSSR count). The van der Waals surface area contributed by atoms with Crippen LogP contribution in [-0.2, 0) is 15.5 Å². The first-order valence-electron chi connectivity index (χ1n) is 5.74. The fourth-order valence-corrected chi connectivity index (χ4v) is 2.93. The number of rotatable bonds is 6. The number of nitrogens with two attached hydrogens (primary N) is 1. The van der Waals surface area contributed by atoms with Crippen molar-refractivity contribution in [3.8, 4) is 5.75 Å². The van der Waals surface area contributed by atoms with Gasteiger partial charge in [-0.2, -0.15) is 0 Å². The predicted octanol–water partition coefficient (Wildman–Crippen LogP) is 1.56. The molecule has 0 saturated heterocycles. The van der Waals surface area contributed by atoms with Gasteiger partial charge in [0.1, 0.15) is 5.75 Å². The summed E-state index contributed by atoms with van der Waals surface area (Å²) in [7, 11) is 1.96. The molecule has 0 spiro atoms. The highest BCUT2D eigenvalue weighted by Crippen LogP contribution is 2.23. The maximum absolute atomic E-state index is 12.3. The summed E-state index contributed by atoms with van der Waals surface area (Å²) in [5.74, 6) is 0.958. The van der Waals surface area contributed by atoms with E-state index >= 15 is 0 Å². The van der Waals surface area contributed by atoms with E-state index in [9.17, 15) is 4.21 Å². The van der Waals surface area contributed by atoms with Gasteiger partial charge in [-0.15, -0.1) is 0 Å². The summed E-state index contributed by atoms with van der Waals surface area (Å²) in [4.78, 5) is 0.669. The van der Waals surface area contributed by atoms with E-state index in [0.29, 0.717) is 16.4 Å². The zero-order chi connectivity index (χ0) is 13.8. The molecule has 4 nitrogen and oxygen atoms in total. The quantitative estimate of drug-likeness (QED) is 0.853. The number of ether oxygens (including phenoxy) is 2. The Morgan fingerprint density at radius 1 is 1.33 bits per heavy atom. The third kappa shape index (κ3) is 3.54. The third-order valence-corrected chi connectivity index (χ3v) is 4.55. The molecule has 0 heterocycles. The first-order chi connectivity index (χ1) is 8.42. The molecule has 0 aromatic heterocycles. The van der Waals surface area contributed by atoms with Crippen LogP contribution in [0.5, 0.6) is 5.75 Å². The van der Waals surface area contributed by atoms with Crippen LogP contribution in [0, 0.1) is 0 Å². The van der Waals surface area contributed by atoms with E-state index < -0.39 is 16.4 Å². The van der Waals surface area contributed by atoms with Crippen LogP contribution < -0.4 is 10.5 Å². The molecule has 2 unspecified atom stereocenters. The molecule has 0 aliphatic carbocycles. The van der Waals surface area contributed by atoms with Crippen molar-refractivity contribution in [3.63, 3.8) is 0 Å². The largest absolute Gasteiger partial charge is 0.495 e. The van der Waals surface area contributed by atoms with Gasteiger partial charge in [0.05, 0.1) is 28.4 Å². The zero-order valence-electron chi connectivity index (χ0n) is 11.3. The van der Waals surface area contributed by atoms with E-state index in [0.717, 1.165) is 0 Å². The smallest absolute Gasteiger partial charge is 0.134 e.